The van der Waals surface area contributed by atoms with Gasteiger partial charge in [0.2, 0.25) is 0 Å². The number of hydrogen-bond donors (Lipinski definition) is 1. The minimum absolute atomic E-state index is 0.229. The van der Waals surface area contributed by atoms with E-state index in [1.165, 1.54) is 6.07 Å². The predicted octanol–water partition coefficient (Wildman–Crippen LogP) is 3.82. The van der Waals surface area contributed by atoms with E-state index in [0.29, 0.717) is 11.3 Å². The molecule has 2 heterocycles. The number of nitrogens with zero attached hydrogens (tertiary/aromatic N) is 1. The fourth-order valence-electron chi connectivity index (χ4n) is 1.92. The van der Waals surface area contributed by atoms with E-state index in [1.807, 2.05) is 27.7 Å². The molecule has 1 saturated heterocycles. The first kappa shape index (κ1) is 16.8. The van der Waals surface area contributed by atoms with Gasteiger partial charge < -0.3 is 9.31 Å². The van der Waals surface area contributed by atoms with Crippen LogP contribution < -0.4 is 0 Å². The first-order chi connectivity index (χ1) is 9.66. The molecule has 0 amide bonds. The molecular weight excluding hydrogens is 311 g/mol. The first-order valence-electron chi connectivity index (χ1n) is 6.64. The van der Waals surface area contributed by atoms with Gasteiger partial charge in [0.15, 0.2) is 0 Å². The lowest BCUT2D eigenvalue weighted by Crippen LogP contribution is -2.41. The first-order valence-corrected chi connectivity index (χ1v) is 7.65. The fourth-order valence-corrected chi connectivity index (χ4v) is 2.32. The molecule has 1 aromatic heterocycles. The second kappa shape index (κ2) is 5.91. The molecule has 0 spiro atoms. The molecule has 1 aromatic rings. The summed E-state index contributed by atoms with van der Waals surface area (Å²) in [7, 11) is -0.535. The highest BCUT2D eigenvalue weighted by molar-refractivity contribution is 7.80. The predicted molar refractivity (Wildman–Crippen MR) is 87.1 cm³/mol. The Morgan fingerprint density at radius 2 is 1.95 bits per heavy atom. The van der Waals surface area contributed by atoms with Crippen LogP contribution >= 0.6 is 24.2 Å². The quantitative estimate of drug-likeness (QED) is 0.520. The van der Waals surface area contributed by atoms with Gasteiger partial charge in [0.1, 0.15) is 11.0 Å². The normalized spacial score (nSPS) is 20.9. The maximum atomic E-state index is 13.3. The van der Waals surface area contributed by atoms with E-state index in [4.69, 9.17) is 20.9 Å². The van der Waals surface area contributed by atoms with E-state index < -0.39 is 24.1 Å². The van der Waals surface area contributed by atoms with Gasteiger partial charge in [0, 0.05) is 11.3 Å². The molecule has 0 bridgehead atoms. The maximum Gasteiger partial charge on any atom is 0.491 e. The van der Waals surface area contributed by atoms with Crippen molar-refractivity contribution in [1.29, 1.82) is 0 Å². The monoisotopic (exact) mass is 329 g/mol. The highest BCUT2D eigenvalue weighted by Crippen LogP contribution is 2.39. The summed E-state index contributed by atoms with van der Waals surface area (Å²) in [4.78, 5) is 3.79. The molecule has 1 aliphatic heterocycles. The van der Waals surface area contributed by atoms with Crippen LogP contribution in [0.25, 0.3) is 6.08 Å². The van der Waals surface area contributed by atoms with Crippen LogP contribution in [0.15, 0.2) is 17.7 Å². The second-order valence-corrected chi connectivity index (χ2v) is 6.67. The standard InChI is InChI=1S/C14H18BClFNO2S/c1-13(2)14(3,4)20-15(19-13)10(8-21)5-9-6-11(17)7-18-12(9)16/h5-7,21H,8H2,1-4H3. The molecule has 0 aromatic carbocycles. The van der Waals surface area contributed by atoms with Crippen molar-refractivity contribution in [3.05, 3.63) is 34.3 Å². The molecule has 0 aliphatic carbocycles. The van der Waals surface area contributed by atoms with Crippen molar-refractivity contribution in [2.75, 3.05) is 5.75 Å². The number of halogens is 2. The Balaban J connectivity index is 2.33. The Kier molecular flexibility index (Phi) is 4.73. The summed E-state index contributed by atoms with van der Waals surface area (Å²) < 4.78 is 25.2. The van der Waals surface area contributed by atoms with Crippen molar-refractivity contribution in [1.82, 2.24) is 4.98 Å². The topological polar surface area (TPSA) is 31.4 Å². The van der Waals surface area contributed by atoms with Gasteiger partial charge in [0.05, 0.1) is 17.4 Å². The molecule has 114 valence electrons. The van der Waals surface area contributed by atoms with Gasteiger partial charge in [-0.15, -0.1) is 0 Å². The van der Waals surface area contributed by atoms with Crippen LogP contribution in [0.4, 0.5) is 4.39 Å². The van der Waals surface area contributed by atoms with Crippen molar-refractivity contribution in [2.45, 2.75) is 38.9 Å². The van der Waals surface area contributed by atoms with Crippen LogP contribution in [0.5, 0.6) is 0 Å². The van der Waals surface area contributed by atoms with E-state index in [2.05, 4.69) is 17.6 Å². The Morgan fingerprint density at radius 3 is 2.48 bits per heavy atom. The van der Waals surface area contributed by atoms with E-state index >= 15 is 0 Å². The summed E-state index contributed by atoms with van der Waals surface area (Å²) in [5.41, 5.74) is 0.370. The third-order valence-electron chi connectivity index (χ3n) is 3.91. The molecular formula is C14H18BClFNO2S. The molecule has 0 atom stereocenters. The van der Waals surface area contributed by atoms with Crippen LogP contribution in [-0.2, 0) is 9.31 Å². The minimum Gasteiger partial charge on any atom is -0.400 e. The van der Waals surface area contributed by atoms with E-state index in [-0.39, 0.29) is 5.15 Å². The van der Waals surface area contributed by atoms with Crippen LogP contribution in [0.1, 0.15) is 33.3 Å². The summed E-state index contributed by atoms with van der Waals surface area (Å²) in [6.07, 6.45) is 2.79. The largest absolute Gasteiger partial charge is 0.491 e. The summed E-state index contributed by atoms with van der Waals surface area (Å²) >= 11 is 10.3. The van der Waals surface area contributed by atoms with E-state index in [9.17, 15) is 4.39 Å². The molecule has 0 radical (unpaired) electrons. The second-order valence-electron chi connectivity index (χ2n) is 6.00. The lowest BCUT2D eigenvalue weighted by Gasteiger charge is -2.32. The Labute approximate surface area is 135 Å². The fraction of sp³-hybridized carbons (Fsp3) is 0.500. The van der Waals surface area contributed by atoms with Crippen molar-refractivity contribution < 1.29 is 13.7 Å². The summed E-state index contributed by atoms with van der Waals surface area (Å²) in [5.74, 6) is -0.0398. The number of aromatic nitrogens is 1. The summed E-state index contributed by atoms with van der Waals surface area (Å²) in [5, 5.41) is 0.229. The Bertz CT molecular complexity index is 564. The van der Waals surface area contributed by atoms with Crippen LogP contribution in [0.2, 0.25) is 5.15 Å². The molecule has 0 unspecified atom stereocenters. The van der Waals surface area contributed by atoms with Gasteiger partial charge in [-0.3, -0.25) is 0 Å². The van der Waals surface area contributed by atoms with E-state index in [1.54, 1.807) is 6.08 Å². The Hall–Kier alpha value is -0.555. The third kappa shape index (κ3) is 3.45. The van der Waals surface area contributed by atoms with Gasteiger partial charge in [0.25, 0.3) is 0 Å². The molecule has 7 heteroatoms. The van der Waals surface area contributed by atoms with Crippen LogP contribution in [0.3, 0.4) is 0 Å². The highest BCUT2D eigenvalue weighted by Gasteiger charge is 2.52. The van der Waals surface area contributed by atoms with Gasteiger partial charge in [-0.05, 0) is 39.2 Å². The van der Waals surface area contributed by atoms with Gasteiger partial charge >= 0.3 is 7.12 Å². The molecule has 1 fully saturated rings. The summed E-state index contributed by atoms with van der Waals surface area (Å²) in [6.45, 7) is 7.89. The van der Waals surface area contributed by atoms with Crippen molar-refractivity contribution in [2.24, 2.45) is 0 Å². The highest BCUT2D eigenvalue weighted by atomic mass is 35.5. The zero-order valence-electron chi connectivity index (χ0n) is 12.5. The zero-order valence-corrected chi connectivity index (χ0v) is 14.1. The van der Waals surface area contributed by atoms with E-state index in [0.717, 1.165) is 11.7 Å². The number of pyridine rings is 1. The molecule has 0 saturated carbocycles. The number of hydrogen-bond acceptors (Lipinski definition) is 4. The van der Waals surface area contributed by atoms with Gasteiger partial charge in [-0.25, -0.2) is 9.37 Å². The number of rotatable bonds is 3. The lowest BCUT2D eigenvalue weighted by atomic mass is 9.78. The van der Waals surface area contributed by atoms with Crippen LogP contribution in [-0.4, -0.2) is 29.1 Å². The zero-order chi connectivity index (χ0) is 15.8. The molecule has 21 heavy (non-hydrogen) atoms. The van der Waals surface area contributed by atoms with Crippen molar-refractivity contribution in [3.63, 3.8) is 0 Å². The number of thiol groups is 1. The lowest BCUT2D eigenvalue weighted by molar-refractivity contribution is 0.00578. The molecule has 0 N–H and O–H groups in total. The smallest absolute Gasteiger partial charge is 0.400 e. The minimum atomic E-state index is -0.535. The summed E-state index contributed by atoms with van der Waals surface area (Å²) in [6, 6.07) is 1.32. The van der Waals surface area contributed by atoms with Crippen molar-refractivity contribution in [3.8, 4) is 0 Å². The van der Waals surface area contributed by atoms with Crippen LogP contribution in [0, 0.1) is 5.82 Å². The van der Waals surface area contributed by atoms with Crippen molar-refractivity contribution >= 4 is 37.4 Å². The Morgan fingerprint density at radius 1 is 1.38 bits per heavy atom. The van der Waals surface area contributed by atoms with Gasteiger partial charge in [-0.2, -0.15) is 12.6 Å². The average Bonchev–Trinajstić information content (AvgIpc) is 2.59. The third-order valence-corrected chi connectivity index (χ3v) is 4.59. The molecule has 2 rings (SSSR count). The average molecular weight is 330 g/mol. The molecule has 3 nitrogen and oxygen atoms in total. The maximum absolute atomic E-state index is 13.3. The molecule has 1 aliphatic rings. The van der Waals surface area contributed by atoms with Gasteiger partial charge in [-0.1, -0.05) is 17.7 Å². The SMILES string of the molecule is CC1(C)OB(C(=Cc2cc(F)cnc2Cl)CS)OC1(C)C.